The summed E-state index contributed by atoms with van der Waals surface area (Å²) >= 11 is 0. The number of carbonyl (C=O) groups is 1. The average molecular weight is 421 g/mol. The summed E-state index contributed by atoms with van der Waals surface area (Å²) in [6.07, 6.45) is 2.54. The van der Waals surface area contributed by atoms with Crippen LogP contribution in [0.1, 0.15) is 31.2 Å². The highest BCUT2D eigenvalue weighted by Gasteiger charge is 2.26. The lowest BCUT2D eigenvalue weighted by Crippen LogP contribution is -2.37. The van der Waals surface area contributed by atoms with Crippen molar-refractivity contribution in [1.82, 2.24) is 15.0 Å². The molecule has 1 fully saturated rings. The molecule has 2 heterocycles. The van der Waals surface area contributed by atoms with E-state index in [-0.39, 0.29) is 11.8 Å². The Hall–Kier alpha value is -3.19. The second-order valence-corrected chi connectivity index (χ2v) is 7.79. The van der Waals surface area contributed by atoms with Gasteiger partial charge >= 0.3 is 0 Å². The quantitative estimate of drug-likeness (QED) is 0.618. The molecule has 162 valence electrons. The molecular formula is C24H28N4O3. The normalized spacial score (nSPS) is 15.0. The van der Waals surface area contributed by atoms with Crippen LogP contribution in [0.25, 0.3) is 11.4 Å². The average Bonchev–Trinajstić information content (AvgIpc) is 3.28. The zero-order valence-corrected chi connectivity index (χ0v) is 18.0. The van der Waals surface area contributed by atoms with Crippen molar-refractivity contribution >= 4 is 11.6 Å². The number of ether oxygens (including phenoxy) is 1. The van der Waals surface area contributed by atoms with Gasteiger partial charge in [0.1, 0.15) is 5.75 Å². The minimum absolute atomic E-state index is 0.0266. The van der Waals surface area contributed by atoms with Crippen molar-refractivity contribution in [1.29, 1.82) is 0 Å². The number of benzene rings is 2. The smallest absolute Gasteiger partial charge is 0.241 e. The maximum Gasteiger partial charge on any atom is 0.241 e. The Morgan fingerprint density at radius 3 is 2.61 bits per heavy atom. The minimum Gasteiger partial charge on any atom is -0.497 e. The van der Waals surface area contributed by atoms with E-state index in [1.807, 2.05) is 42.5 Å². The first kappa shape index (κ1) is 21.1. The molecule has 1 saturated heterocycles. The molecule has 1 aliphatic heterocycles. The van der Waals surface area contributed by atoms with E-state index in [9.17, 15) is 4.79 Å². The van der Waals surface area contributed by atoms with Crippen molar-refractivity contribution in [3.8, 4) is 17.1 Å². The largest absolute Gasteiger partial charge is 0.497 e. The van der Waals surface area contributed by atoms with Gasteiger partial charge in [0.2, 0.25) is 17.6 Å². The van der Waals surface area contributed by atoms with E-state index in [0.29, 0.717) is 18.3 Å². The van der Waals surface area contributed by atoms with E-state index in [2.05, 4.69) is 33.3 Å². The third kappa shape index (κ3) is 5.11. The number of para-hydroxylation sites is 1. The van der Waals surface area contributed by atoms with Crippen LogP contribution in [-0.4, -0.2) is 41.1 Å². The van der Waals surface area contributed by atoms with Gasteiger partial charge in [-0.15, -0.1) is 0 Å². The number of nitrogens with zero attached hydrogens (tertiary/aromatic N) is 3. The van der Waals surface area contributed by atoms with Crippen LogP contribution in [0.4, 0.5) is 5.69 Å². The zero-order chi connectivity index (χ0) is 21.6. The topological polar surface area (TPSA) is 80.5 Å². The van der Waals surface area contributed by atoms with Crippen LogP contribution in [0.2, 0.25) is 0 Å². The fraction of sp³-hybridized carbons (Fsp3) is 0.375. The van der Waals surface area contributed by atoms with E-state index in [1.54, 1.807) is 7.11 Å². The Kier molecular flexibility index (Phi) is 6.62. The molecule has 7 nitrogen and oxygen atoms in total. The number of methoxy groups -OCH3 is 1. The van der Waals surface area contributed by atoms with Gasteiger partial charge in [-0.2, -0.15) is 4.98 Å². The summed E-state index contributed by atoms with van der Waals surface area (Å²) in [6, 6.07) is 15.6. The molecule has 31 heavy (non-hydrogen) atoms. The number of piperidine rings is 1. The number of amides is 1. The summed E-state index contributed by atoms with van der Waals surface area (Å²) in [5.41, 5.74) is 2.98. The molecule has 4 rings (SSSR count). The SMILES string of the molecule is CCc1ccccc1NC(=O)C1CCN(Cc2nc(-c3ccc(OC)cc3)no2)CC1. The van der Waals surface area contributed by atoms with Gasteiger partial charge < -0.3 is 14.6 Å². The summed E-state index contributed by atoms with van der Waals surface area (Å²) in [7, 11) is 1.64. The fourth-order valence-corrected chi connectivity index (χ4v) is 3.91. The van der Waals surface area contributed by atoms with Crippen molar-refractivity contribution in [2.24, 2.45) is 5.92 Å². The number of nitrogens with one attached hydrogen (secondary N) is 1. The molecule has 0 atom stereocenters. The highest BCUT2D eigenvalue weighted by atomic mass is 16.5. The van der Waals surface area contributed by atoms with Crippen molar-refractivity contribution < 1.29 is 14.1 Å². The van der Waals surface area contributed by atoms with Gasteiger partial charge in [-0.25, -0.2) is 0 Å². The first-order valence-corrected chi connectivity index (χ1v) is 10.7. The predicted molar refractivity (Wildman–Crippen MR) is 119 cm³/mol. The number of aromatic nitrogens is 2. The number of carbonyl (C=O) groups excluding carboxylic acids is 1. The molecule has 1 aliphatic rings. The number of aryl methyl sites for hydroxylation is 1. The molecule has 1 aromatic heterocycles. The van der Waals surface area contributed by atoms with Crippen LogP contribution >= 0.6 is 0 Å². The standard InChI is InChI=1S/C24H28N4O3/c1-3-17-6-4-5-7-21(17)25-24(29)19-12-14-28(15-13-19)16-22-26-23(27-31-22)18-8-10-20(30-2)11-9-18/h4-11,19H,3,12-16H2,1-2H3,(H,25,29). The van der Waals surface area contributed by atoms with Crippen LogP contribution < -0.4 is 10.1 Å². The molecule has 0 saturated carbocycles. The highest BCUT2D eigenvalue weighted by Crippen LogP contribution is 2.24. The van der Waals surface area contributed by atoms with Gasteiger partial charge in [0, 0.05) is 17.2 Å². The Morgan fingerprint density at radius 2 is 1.90 bits per heavy atom. The third-order valence-corrected chi connectivity index (χ3v) is 5.79. The molecule has 0 bridgehead atoms. The van der Waals surface area contributed by atoms with Gasteiger partial charge in [-0.3, -0.25) is 9.69 Å². The second kappa shape index (κ2) is 9.75. The Balaban J connectivity index is 1.29. The molecule has 1 N–H and O–H groups in total. The summed E-state index contributed by atoms with van der Waals surface area (Å²) in [5, 5.41) is 7.21. The molecule has 0 aliphatic carbocycles. The predicted octanol–water partition coefficient (Wildman–Crippen LogP) is 4.16. The second-order valence-electron chi connectivity index (χ2n) is 7.79. The van der Waals surface area contributed by atoms with Crippen molar-refractivity contribution in [2.45, 2.75) is 32.7 Å². The van der Waals surface area contributed by atoms with E-state index >= 15 is 0 Å². The molecule has 0 radical (unpaired) electrons. The number of hydrogen-bond acceptors (Lipinski definition) is 6. The Bertz CT molecular complexity index is 1010. The lowest BCUT2D eigenvalue weighted by Gasteiger charge is -2.30. The lowest BCUT2D eigenvalue weighted by molar-refractivity contribution is -0.121. The molecule has 0 spiro atoms. The summed E-state index contributed by atoms with van der Waals surface area (Å²) < 4.78 is 10.6. The molecule has 1 amide bonds. The van der Waals surface area contributed by atoms with Gasteiger partial charge in [-0.1, -0.05) is 30.3 Å². The monoisotopic (exact) mass is 420 g/mol. The van der Waals surface area contributed by atoms with Gasteiger partial charge in [0.05, 0.1) is 13.7 Å². The van der Waals surface area contributed by atoms with E-state index in [4.69, 9.17) is 9.26 Å². The third-order valence-electron chi connectivity index (χ3n) is 5.79. The first-order valence-electron chi connectivity index (χ1n) is 10.7. The lowest BCUT2D eigenvalue weighted by atomic mass is 9.95. The maximum absolute atomic E-state index is 12.7. The number of rotatable bonds is 7. The maximum atomic E-state index is 12.7. The van der Waals surface area contributed by atoms with Crippen LogP contribution in [0.3, 0.4) is 0 Å². The van der Waals surface area contributed by atoms with E-state index in [1.165, 1.54) is 0 Å². The summed E-state index contributed by atoms with van der Waals surface area (Å²) in [6.45, 7) is 4.35. The van der Waals surface area contributed by atoms with Gasteiger partial charge in [0.15, 0.2) is 0 Å². The van der Waals surface area contributed by atoms with Crippen LogP contribution in [0, 0.1) is 5.92 Å². The van der Waals surface area contributed by atoms with E-state index in [0.717, 1.165) is 54.9 Å². The molecule has 2 aromatic carbocycles. The summed E-state index contributed by atoms with van der Waals surface area (Å²) in [4.78, 5) is 19.5. The number of likely N-dealkylation sites (tertiary alicyclic amines) is 1. The molecular weight excluding hydrogens is 392 g/mol. The van der Waals surface area contributed by atoms with Crippen molar-refractivity contribution in [2.75, 3.05) is 25.5 Å². The highest BCUT2D eigenvalue weighted by molar-refractivity contribution is 5.93. The zero-order valence-electron chi connectivity index (χ0n) is 18.0. The van der Waals surface area contributed by atoms with Gasteiger partial charge in [0.25, 0.3) is 0 Å². The van der Waals surface area contributed by atoms with Crippen molar-refractivity contribution in [3.05, 3.63) is 60.0 Å². The fourth-order valence-electron chi connectivity index (χ4n) is 3.91. The van der Waals surface area contributed by atoms with Crippen LogP contribution in [0.5, 0.6) is 5.75 Å². The van der Waals surface area contributed by atoms with Gasteiger partial charge in [-0.05, 0) is 68.2 Å². The van der Waals surface area contributed by atoms with Crippen LogP contribution in [-0.2, 0) is 17.8 Å². The molecule has 0 unspecified atom stereocenters. The summed E-state index contributed by atoms with van der Waals surface area (Å²) in [5.74, 6) is 2.09. The molecule has 3 aromatic rings. The van der Waals surface area contributed by atoms with Crippen LogP contribution in [0.15, 0.2) is 53.1 Å². The Labute approximate surface area is 182 Å². The van der Waals surface area contributed by atoms with Crippen molar-refractivity contribution in [3.63, 3.8) is 0 Å². The molecule has 7 heteroatoms. The number of anilines is 1. The Morgan fingerprint density at radius 1 is 1.16 bits per heavy atom. The first-order chi connectivity index (χ1) is 15.2. The number of hydrogen-bond donors (Lipinski definition) is 1. The van der Waals surface area contributed by atoms with E-state index < -0.39 is 0 Å². The minimum atomic E-state index is 0.0266.